The number of cyclic esters (lactones) is 1. The van der Waals surface area contributed by atoms with Gasteiger partial charge in [-0.3, -0.25) is 9.69 Å². The Hall–Kier alpha value is -3.88. The molecule has 1 N–H and O–H groups in total. The Kier molecular flexibility index (Phi) is 6.30. The molecule has 0 unspecified atom stereocenters. The lowest BCUT2D eigenvalue weighted by Crippen LogP contribution is -2.33. The van der Waals surface area contributed by atoms with Crippen molar-refractivity contribution in [3.8, 4) is 22.7 Å². The Morgan fingerprint density at radius 1 is 1.27 bits per heavy atom. The fourth-order valence-electron chi connectivity index (χ4n) is 3.86. The lowest BCUT2D eigenvalue weighted by atomic mass is 10.0. The van der Waals surface area contributed by atoms with Crippen molar-refractivity contribution in [3.63, 3.8) is 0 Å². The highest BCUT2D eigenvalue weighted by atomic mass is 19.1. The number of benzene rings is 2. The minimum atomic E-state index is -0.581. The molecule has 8 nitrogen and oxygen atoms in total. The monoisotopic (exact) mass is 452 g/mol. The molecule has 2 aromatic carbocycles. The summed E-state index contributed by atoms with van der Waals surface area (Å²) >= 11 is 0. The van der Waals surface area contributed by atoms with Crippen molar-refractivity contribution in [1.82, 2.24) is 15.1 Å². The zero-order chi connectivity index (χ0) is 23.5. The predicted molar refractivity (Wildman–Crippen MR) is 121 cm³/mol. The van der Waals surface area contributed by atoms with Gasteiger partial charge in [-0.15, -0.1) is 0 Å². The zero-order valence-corrected chi connectivity index (χ0v) is 18.7. The van der Waals surface area contributed by atoms with Crippen molar-refractivity contribution in [3.05, 3.63) is 60.0 Å². The summed E-state index contributed by atoms with van der Waals surface area (Å²) in [6.45, 7) is 3.86. The van der Waals surface area contributed by atoms with Crippen LogP contribution in [0.2, 0.25) is 0 Å². The van der Waals surface area contributed by atoms with Gasteiger partial charge in [-0.1, -0.05) is 6.92 Å². The summed E-state index contributed by atoms with van der Waals surface area (Å²) in [6.07, 6.45) is 1.33. The molecular formula is C24H25FN4O4. The summed E-state index contributed by atoms with van der Waals surface area (Å²) in [5.41, 5.74) is 3.29. The van der Waals surface area contributed by atoms with E-state index in [1.165, 1.54) is 22.6 Å². The van der Waals surface area contributed by atoms with Crippen molar-refractivity contribution in [2.24, 2.45) is 0 Å². The number of rotatable bonds is 7. The van der Waals surface area contributed by atoms with E-state index >= 15 is 4.39 Å². The number of nitrogens with zero attached hydrogens (tertiary/aromatic N) is 3. The second-order valence-electron chi connectivity index (χ2n) is 7.70. The van der Waals surface area contributed by atoms with Crippen molar-refractivity contribution in [1.29, 1.82) is 0 Å². The molecule has 2 heterocycles. The minimum absolute atomic E-state index is 0.205. The van der Waals surface area contributed by atoms with E-state index in [9.17, 15) is 9.59 Å². The molecule has 33 heavy (non-hydrogen) atoms. The van der Waals surface area contributed by atoms with Crippen molar-refractivity contribution >= 4 is 17.7 Å². The van der Waals surface area contributed by atoms with Gasteiger partial charge < -0.3 is 14.8 Å². The maximum Gasteiger partial charge on any atom is 0.414 e. The van der Waals surface area contributed by atoms with Gasteiger partial charge in [-0.2, -0.15) is 5.10 Å². The summed E-state index contributed by atoms with van der Waals surface area (Å²) in [6, 6.07) is 12.1. The molecule has 2 amide bonds. The number of amides is 2. The molecule has 0 spiro atoms. The lowest BCUT2D eigenvalue weighted by molar-refractivity contribution is -0.119. The van der Waals surface area contributed by atoms with Gasteiger partial charge in [-0.25, -0.2) is 13.9 Å². The zero-order valence-electron chi connectivity index (χ0n) is 18.7. The normalized spacial score (nSPS) is 15.5. The standard InChI is InChI=1S/C24H25FN4O4/c1-4-16-11-17(5-8-23(16)32-3)21-9-10-27-29(21)22-7-6-18(12-20(22)25)28-14-19(33-24(28)31)13-26-15(2)30/h5-12,19H,4,13-14H2,1-3H3,(H,26,30)/t19-/m0/s1. The number of hydrogen-bond donors (Lipinski definition) is 1. The van der Waals surface area contributed by atoms with Crippen LogP contribution in [0.5, 0.6) is 5.75 Å². The molecule has 1 atom stereocenters. The highest BCUT2D eigenvalue weighted by molar-refractivity contribution is 5.90. The topological polar surface area (TPSA) is 85.7 Å². The van der Waals surface area contributed by atoms with Gasteiger partial charge >= 0.3 is 6.09 Å². The van der Waals surface area contributed by atoms with E-state index in [1.807, 2.05) is 31.2 Å². The van der Waals surface area contributed by atoms with E-state index in [-0.39, 0.29) is 24.7 Å². The largest absolute Gasteiger partial charge is 0.496 e. The maximum absolute atomic E-state index is 15.2. The van der Waals surface area contributed by atoms with E-state index in [0.29, 0.717) is 5.69 Å². The van der Waals surface area contributed by atoms with Gasteiger partial charge in [0.15, 0.2) is 5.82 Å². The van der Waals surface area contributed by atoms with Crippen LogP contribution in [0.25, 0.3) is 16.9 Å². The fraction of sp³-hybridized carbons (Fsp3) is 0.292. The van der Waals surface area contributed by atoms with Gasteiger partial charge in [0.25, 0.3) is 0 Å². The predicted octanol–water partition coefficient (Wildman–Crippen LogP) is 3.71. The van der Waals surface area contributed by atoms with E-state index < -0.39 is 18.0 Å². The van der Waals surface area contributed by atoms with Crippen LogP contribution < -0.4 is 15.0 Å². The number of carbonyl (C=O) groups is 2. The van der Waals surface area contributed by atoms with Crippen molar-refractivity contribution in [2.45, 2.75) is 26.4 Å². The molecule has 1 aliphatic rings. The third-order valence-electron chi connectivity index (χ3n) is 5.52. The SMILES string of the molecule is CCc1cc(-c2ccnn2-c2ccc(N3C[C@H](CNC(C)=O)OC3=O)cc2F)ccc1OC. The number of anilines is 1. The van der Waals surface area contributed by atoms with E-state index in [0.717, 1.165) is 29.0 Å². The van der Waals surface area contributed by atoms with E-state index in [4.69, 9.17) is 9.47 Å². The molecule has 1 fully saturated rings. The third-order valence-corrected chi connectivity index (χ3v) is 5.52. The number of aromatic nitrogens is 2. The smallest absolute Gasteiger partial charge is 0.414 e. The first kappa shape index (κ1) is 22.3. The molecule has 0 radical (unpaired) electrons. The van der Waals surface area contributed by atoms with E-state index in [2.05, 4.69) is 10.4 Å². The molecule has 3 aromatic rings. The molecule has 1 saturated heterocycles. The number of carbonyl (C=O) groups excluding carboxylic acids is 2. The average Bonchev–Trinajstić information content (AvgIpc) is 3.43. The van der Waals surface area contributed by atoms with Gasteiger partial charge in [0.05, 0.1) is 37.8 Å². The quantitative estimate of drug-likeness (QED) is 0.591. The molecule has 1 aliphatic heterocycles. The summed E-state index contributed by atoms with van der Waals surface area (Å²) in [5.74, 6) is 0.0646. The molecule has 0 bridgehead atoms. The molecular weight excluding hydrogens is 427 g/mol. The number of aryl methyl sites for hydroxylation is 1. The fourth-order valence-corrected chi connectivity index (χ4v) is 3.86. The van der Waals surface area contributed by atoms with Crippen LogP contribution >= 0.6 is 0 Å². The third kappa shape index (κ3) is 4.52. The summed E-state index contributed by atoms with van der Waals surface area (Å²) in [5, 5.41) is 6.94. The minimum Gasteiger partial charge on any atom is -0.496 e. The molecule has 9 heteroatoms. The number of ether oxygens (including phenoxy) is 2. The first-order valence-corrected chi connectivity index (χ1v) is 10.6. The van der Waals surface area contributed by atoms with Crippen LogP contribution in [0.3, 0.4) is 0 Å². The van der Waals surface area contributed by atoms with Crippen LogP contribution in [0.15, 0.2) is 48.7 Å². The Balaban J connectivity index is 1.60. The maximum atomic E-state index is 15.2. The first-order valence-electron chi connectivity index (χ1n) is 10.6. The van der Waals surface area contributed by atoms with Gasteiger partial charge in [0.2, 0.25) is 5.91 Å². The highest BCUT2D eigenvalue weighted by Gasteiger charge is 2.32. The van der Waals surface area contributed by atoms with Crippen LogP contribution in [-0.2, 0) is 16.0 Å². The first-order chi connectivity index (χ1) is 15.9. The number of hydrogen-bond acceptors (Lipinski definition) is 5. The van der Waals surface area contributed by atoms with Gasteiger partial charge in [0, 0.05) is 12.5 Å². The van der Waals surface area contributed by atoms with E-state index in [1.54, 1.807) is 25.4 Å². The molecule has 0 saturated carbocycles. The van der Waals surface area contributed by atoms with Crippen molar-refractivity contribution < 1.29 is 23.5 Å². The molecule has 4 rings (SSSR count). The molecule has 1 aromatic heterocycles. The molecule has 0 aliphatic carbocycles. The van der Waals surface area contributed by atoms with Gasteiger partial charge in [0.1, 0.15) is 17.5 Å². The van der Waals surface area contributed by atoms with Crippen molar-refractivity contribution in [2.75, 3.05) is 25.1 Å². The van der Waals surface area contributed by atoms with Crippen LogP contribution in [-0.4, -0.2) is 48.1 Å². The number of halogens is 1. The van der Waals surface area contributed by atoms with Crippen LogP contribution in [0.1, 0.15) is 19.4 Å². The number of nitrogens with one attached hydrogen (secondary N) is 1. The van der Waals surface area contributed by atoms with Gasteiger partial charge in [-0.05, 0) is 54.4 Å². The summed E-state index contributed by atoms with van der Waals surface area (Å²) in [7, 11) is 1.63. The second-order valence-corrected chi connectivity index (χ2v) is 7.70. The van der Waals surface area contributed by atoms with Crippen LogP contribution in [0, 0.1) is 5.82 Å². The Morgan fingerprint density at radius 2 is 2.09 bits per heavy atom. The summed E-state index contributed by atoms with van der Waals surface area (Å²) in [4.78, 5) is 24.7. The molecule has 172 valence electrons. The second kappa shape index (κ2) is 9.32. The Morgan fingerprint density at radius 3 is 2.79 bits per heavy atom. The highest BCUT2D eigenvalue weighted by Crippen LogP contribution is 2.31. The average molecular weight is 452 g/mol. The Bertz CT molecular complexity index is 1190. The summed E-state index contributed by atoms with van der Waals surface area (Å²) < 4.78 is 27.4. The lowest BCUT2D eigenvalue weighted by Gasteiger charge is -2.16. The number of methoxy groups -OCH3 is 1. The Labute approximate surface area is 190 Å². The van der Waals surface area contributed by atoms with Crippen LogP contribution in [0.4, 0.5) is 14.9 Å².